The second-order valence-corrected chi connectivity index (χ2v) is 9.25. The molecule has 2 aromatic carbocycles. The van der Waals surface area contributed by atoms with Crippen LogP contribution in [0.5, 0.6) is 11.5 Å². The number of likely N-dealkylation sites (N-methyl/N-ethyl adjacent to an activating group) is 1. The molecule has 188 valence electrons. The molecule has 1 aliphatic heterocycles. The highest BCUT2D eigenvalue weighted by Crippen LogP contribution is 2.40. The zero-order chi connectivity index (χ0) is 26.3. The van der Waals surface area contributed by atoms with Crippen molar-refractivity contribution in [1.29, 1.82) is 0 Å². The van der Waals surface area contributed by atoms with Gasteiger partial charge in [-0.2, -0.15) is 21.6 Å². The Morgan fingerprint density at radius 2 is 1.67 bits per heavy atom. The number of methoxy groups -OCH3 is 1. The molecule has 4 rings (SSSR count). The van der Waals surface area contributed by atoms with Gasteiger partial charge in [-0.3, -0.25) is 14.7 Å². The summed E-state index contributed by atoms with van der Waals surface area (Å²) in [6, 6.07) is 15.0. The van der Waals surface area contributed by atoms with Gasteiger partial charge in [-0.15, -0.1) is 0 Å². The minimum atomic E-state index is -5.87. The number of carbonyl (C=O) groups excluding carboxylic acids is 1. The number of ether oxygens (including phenoxy) is 1. The third-order valence-electron chi connectivity index (χ3n) is 5.54. The molecule has 1 amide bonds. The molecule has 0 aliphatic carbocycles. The molecule has 2 heterocycles. The van der Waals surface area contributed by atoms with Crippen molar-refractivity contribution in [3.63, 3.8) is 0 Å². The third-order valence-corrected chi connectivity index (χ3v) is 6.51. The lowest BCUT2D eigenvalue weighted by atomic mass is 9.85. The minimum absolute atomic E-state index is 0.103. The molecule has 0 saturated carbocycles. The number of aromatic nitrogens is 1. The van der Waals surface area contributed by atoms with Gasteiger partial charge in [-0.05, 0) is 53.1 Å². The highest BCUT2D eigenvalue weighted by atomic mass is 32.2. The van der Waals surface area contributed by atoms with E-state index in [1.165, 1.54) is 32.5 Å². The van der Waals surface area contributed by atoms with E-state index in [9.17, 15) is 26.4 Å². The fourth-order valence-electron chi connectivity index (χ4n) is 3.68. The maximum absolute atomic E-state index is 13.4. The van der Waals surface area contributed by atoms with Crippen molar-refractivity contribution in [2.45, 2.75) is 11.0 Å². The summed E-state index contributed by atoms with van der Waals surface area (Å²) in [4.78, 5) is 23.3. The topological polar surface area (TPSA) is 124 Å². The summed E-state index contributed by atoms with van der Waals surface area (Å²) in [5, 5.41) is 0. The van der Waals surface area contributed by atoms with Crippen LogP contribution in [0.2, 0.25) is 0 Å². The van der Waals surface area contributed by atoms with Crippen LogP contribution in [0.15, 0.2) is 71.9 Å². The van der Waals surface area contributed by atoms with Gasteiger partial charge in [0.05, 0.1) is 12.8 Å². The maximum atomic E-state index is 13.4. The summed E-state index contributed by atoms with van der Waals surface area (Å²) in [5.74, 6) is -0.649. The normalized spacial score (nSPS) is 18.2. The molecule has 1 atom stereocenters. The summed E-state index contributed by atoms with van der Waals surface area (Å²) in [5.41, 5.74) is 0.416. The van der Waals surface area contributed by atoms with E-state index in [-0.39, 0.29) is 17.2 Å². The van der Waals surface area contributed by atoms with Gasteiger partial charge in [0, 0.05) is 13.2 Å². The van der Waals surface area contributed by atoms with E-state index in [1.807, 2.05) is 6.07 Å². The van der Waals surface area contributed by atoms with E-state index >= 15 is 0 Å². The van der Waals surface area contributed by atoms with E-state index in [2.05, 4.69) is 14.2 Å². The van der Waals surface area contributed by atoms with Crippen LogP contribution in [0.1, 0.15) is 11.3 Å². The van der Waals surface area contributed by atoms with Gasteiger partial charge in [0.15, 0.2) is 5.96 Å². The third kappa shape index (κ3) is 4.21. The van der Waals surface area contributed by atoms with Crippen molar-refractivity contribution < 1.29 is 35.3 Å². The lowest BCUT2D eigenvalue weighted by molar-refractivity contribution is -0.129. The lowest BCUT2D eigenvalue weighted by Crippen LogP contribution is -2.41. The van der Waals surface area contributed by atoms with Gasteiger partial charge in [0.25, 0.3) is 5.91 Å². The van der Waals surface area contributed by atoms with E-state index in [0.29, 0.717) is 11.3 Å². The van der Waals surface area contributed by atoms with Gasteiger partial charge in [-0.25, -0.2) is 4.99 Å². The van der Waals surface area contributed by atoms with Crippen LogP contribution >= 0.6 is 0 Å². The van der Waals surface area contributed by atoms with Crippen LogP contribution in [0.3, 0.4) is 0 Å². The Hall–Kier alpha value is -4.13. The highest BCUT2D eigenvalue weighted by molar-refractivity contribution is 7.88. The van der Waals surface area contributed by atoms with Crippen molar-refractivity contribution in [3.05, 3.63) is 78.1 Å². The summed E-state index contributed by atoms with van der Waals surface area (Å²) in [6.45, 7) is 0. The second kappa shape index (κ2) is 8.82. The van der Waals surface area contributed by atoms with Gasteiger partial charge in [0.1, 0.15) is 11.5 Å². The van der Waals surface area contributed by atoms with Crippen molar-refractivity contribution in [1.82, 2.24) is 9.88 Å². The zero-order valence-corrected chi connectivity index (χ0v) is 19.7. The Morgan fingerprint density at radius 3 is 2.25 bits per heavy atom. The number of rotatable bonds is 6. The Kier molecular flexibility index (Phi) is 6.12. The minimum Gasteiger partial charge on any atom is -0.497 e. The molecule has 1 aromatic heterocycles. The number of halogens is 3. The van der Waals surface area contributed by atoms with Gasteiger partial charge in [-0.1, -0.05) is 24.3 Å². The van der Waals surface area contributed by atoms with Crippen molar-refractivity contribution >= 4 is 22.0 Å². The molecule has 1 unspecified atom stereocenters. The van der Waals surface area contributed by atoms with Crippen LogP contribution in [-0.4, -0.2) is 49.8 Å². The molecule has 0 saturated heterocycles. The molecule has 9 nitrogen and oxygen atoms in total. The fourth-order valence-corrected chi connectivity index (χ4v) is 4.14. The highest BCUT2D eigenvalue weighted by Gasteiger charge is 2.51. The number of hydrogen-bond donors (Lipinski definition) is 1. The van der Waals surface area contributed by atoms with E-state index in [0.717, 1.165) is 22.6 Å². The number of amides is 1. The predicted molar refractivity (Wildman–Crippen MR) is 123 cm³/mol. The molecule has 2 N–H and O–H groups in total. The molecule has 0 spiro atoms. The smallest absolute Gasteiger partial charge is 0.497 e. The summed E-state index contributed by atoms with van der Waals surface area (Å²) >= 11 is 0. The van der Waals surface area contributed by atoms with Crippen LogP contribution in [-0.2, 0) is 20.5 Å². The Labute approximate surface area is 204 Å². The fraction of sp³-hybridized carbons (Fsp3) is 0.174. The average Bonchev–Trinajstić information content (AvgIpc) is 3.08. The first-order valence-corrected chi connectivity index (χ1v) is 11.7. The van der Waals surface area contributed by atoms with Crippen molar-refractivity contribution in [2.75, 3.05) is 14.2 Å². The summed E-state index contributed by atoms with van der Waals surface area (Å²) in [6.07, 6.45) is 1.48. The number of pyridine rings is 1. The van der Waals surface area contributed by atoms with E-state index in [4.69, 9.17) is 10.5 Å². The van der Waals surface area contributed by atoms with Gasteiger partial charge in [0.2, 0.25) is 5.54 Å². The first kappa shape index (κ1) is 25.0. The first-order valence-electron chi connectivity index (χ1n) is 10.2. The summed E-state index contributed by atoms with van der Waals surface area (Å²) < 4.78 is 70.1. The number of carbonyl (C=O) groups is 1. The Morgan fingerprint density at radius 1 is 1.00 bits per heavy atom. The van der Waals surface area contributed by atoms with E-state index in [1.54, 1.807) is 30.3 Å². The summed E-state index contributed by atoms with van der Waals surface area (Å²) in [7, 11) is -2.92. The standard InChI is InChI=1S/C23H19F3N4O5S/c1-30-20(31)22(29-21(30)27,16-6-8-17(9-7-16)35-36(32,33)23(24,25)26)19-13-15(10-11-28-19)14-4-3-5-18(12-14)34-2/h3-13H,1-2H3,(H2,27,29). The van der Waals surface area contributed by atoms with Crippen LogP contribution in [0.4, 0.5) is 13.2 Å². The molecule has 13 heteroatoms. The van der Waals surface area contributed by atoms with E-state index < -0.39 is 32.8 Å². The second-order valence-electron chi connectivity index (χ2n) is 7.71. The van der Waals surface area contributed by atoms with Crippen LogP contribution in [0, 0.1) is 0 Å². The number of aliphatic imine (C=N–C) groups is 1. The van der Waals surface area contributed by atoms with Crippen molar-refractivity contribution in [2.24, 2.45) is 10.7 Å². The van der Waals surface area contributed by atoms with Crippen molar-refractivity contribution in [3.8, 4) is 22.6 Å². The average molecular weight is 520 g/mol. The predicted octanol–water partition coefficient (Wildman–Crippen LogP) is 3.02. The quantitative estimate of drug-likeness (QED) is 0.391. The number of alkyl halides is 3. The largest absolute Gasteiger partial charge is 0.534 e. The SMILES string of the molecule is COc1cccc(-c2ccnc(C3(c4ccc(OS(=O)(=O)C(F)(F)F)cc4)N=C(N)N(C)C3=O)c2)c1. The molecule has 36 heavy (non-hydrogen) atoms. The number of benzene rings is 2. The molecular formula is C23H19F3N4O5S. The molecule has 0 fully saturated rings. The van der Waals surface area contributed by atoms with Gasteiger partial charge >= 0.3 is 15.6 Å². The molecule has 1 aliphatic rings. The number of guanidine groups is 1. The Balaban J connectivity index is 1.81. The monoisotopic (exact) mass is 520 g/mol. The number of nitrogens with two attached hydrogens (primary N) is 1. The van der Waals surface area contributed by atoms with Gasteiger partial charge < -0.3 is 14.7 Å². The lowest BCUT2D eigenvalue weighted by Gasteiger charge is -2.25. The number of nitrogens with zero attached hydrogens (tertiary/aromatic N) is 3. The molecule has 0 radical (unpaired) electrons. The number of hydrogen-bond acceptors (Lipinski definition) is 8. The first-order chi connectivity index (χ1) is 16.9. The van der Waals surface area contributed by atoms with Crippen LogP contribution < -0.4 is 14.7 Å². The molecule has 0 bridgehead atoms. The van der Waals surface area contributed by atoms with Crippen LogP contribution in [0.25, 0.3) is 11.1 Å². The molecule has 3 aromatic rings. The maximum Gasteiger partial charge on any atom is 0.534 e. The Bertz CT molecular complexity index is 1460. The zero-order valence-electron chi connectivity index (χ0n) is 18.9. The molecular weight excluding hydrogens is 501 g/mol.